The number of amides is 1. The van der Waals surface area contributed by atoms with Gasteiger partial charge in [0.1, 0.15) is 19.0 Å². The van der Waals surface area contributed by atoms with Crippen molar-refractivity contribution in [2.75, 3.05) is 19.8 Å². The zero-order chi connectivity index (χ0) is 17.9. The summed E-state index contributed by atoms with van der Waals surface area (Å²) in [5.74, 6) is 2.98. The lowest BCUT2D eigenvalue weighted by atomic mass is 10.1. The number of alkyl carbamates (subject to hydrolysis) is 1. The maximum Gasteiger partial charge on any atom is 0.407 e. The number of carbonyl (C=O) groups excluding carboxylic acids is 1. The fourth-order valence-electron chi connectivity index (χ4n) is 2.17. The van der Waals surface area contributed by atoms with Crippen molar-refractivity contribution in [3.05, 3.63) is 64.7 Å². The highest BCUT2D eigenvalue weighted by Crippen LogP contribution is 2.26. The van der Waals surface area contributed by atoms with Gasteiger partial charge in [-0.1, -0.05) is 48.0 Å². The van der Waals surface area contributed by atoms with Crippen molar-refractivity contribution in [2.45, 2.75) is 12.8 Å². The zero-order valence-corrected chi connectivity index (χ0v) is 14.6. The van der Waals surface area contributed by atoms with E-state index < -0.39 is 6.09 Å². The molecule has 130 valence electrons. The SMILES string of the molecule is C#CCCOC(=O)NCCOc1ccc(Cc2ccccc2)cc1Cl. The zero-order valence-electron chi connectivity index (χ0n) is 13.8. The van der Waals surface area contributed by atoms with Crippen LogP contribution < -0.4 is 10.1 Å². The van der Waals surface area contributed by atoms with Gasteiger partial charge < -0.3 is 14.8 Å². The van der Waals surface area contributed by atoms with E-state index in [1.807, 2.05) is 36.4 Å². The average molecular weight is 358 g/mol. The highest BCUT2D eigenvalue weighted by atomic mass is 35.5. The molecule has 2 rings (SSSR count). The molecule has 1 amide bonds. The van der Waals surface area contributed by atoms with Crippen molar-refractivity contribution >= 4 is 17.7 Å². The van der Waals surface area contributed by atoms with E-state index in [0.29, 0.717) is 30.3 Å². The Morgan fingerprint density at radius 1 is 1.12 bits per heavy atom. The molecular weight excluding hydrogens is 338 g/mol. The number of benzene rings is 2. The van der Waals surface area contributed by atoms with Crippen LogP contribution in [0.2, 0.25) is 5.02 Å². The molecule has 0 saturated carbocycles. The first-order valence-corrected chi connectivity index (χ1v) is 8.36. The molecule has 0 radical (unpaired) electrons. The summed E-state index contributed by atoms with van der Waals surface area (Å²) in [6.07, 6.45) is 5.77. The van der Waals surface area contributed by atoms with E-state index in [1.54, 1.807) is 0 Å². The van der Waals surface area contributed by atoms with Crippen molar-refractivity contribution < 1.29 is 14.3 Å². The lowest BCUT2D eigenvalue weighted by molar-refractivity contribution is 0.146. The Morgan fingerprint density at radius 3 is 2.64 bits per heavy atom. The summed E-state index contributed by atoms with van der Waals surface area (Å²) in [5, 5.41) is 3.12. The van der Waals surface area contributed by atoms with Gasteiger partial charge in [0.05, 0.1) is 11.6 Å². The molecular formula is C20H20ClNO3. The molecule has 0 spiro atoms. The molecule has 0 fully saturated rings. The molecule has 1 N–H and O–H groups in total. The Balaban J connectivity index is 1.75. The minimum Gasteiger partial charge on any atom is -0.490 e. The van der Waals surface area contributed by atoms with Crippen LogP contribution >= 0.6 is 11.6 Å². The Hall–Kier alpha value is -2.64. The molecule has 0 aliphatic heterocycles. The van der Waals surface area contributed by atoms with Crippen LogP contribution in [-0.2, 0) is 11.2 Å². The molecule has 2 aromatic rings. The van der Waals surface area contributed by atoms with Gasteiger partial charge in [-0.25, -0.2) is 4.79 Å². The van der Waals surface area contributed by atoms with Crippen LogP contribution in [0.25, 0.3) is 0 Å². The Bertz CT molecular complexity index is 725. The number of carbonyl (C=O) groups is 1. The van der Waals surface area contributed by atoms with Gasteiger partial charge in [0, 0.05) is 6.42 Å². The van der Waals surface area contributed by atoms with E-state index >= 15 is 0 Å². The standard InChI is InChI=1S/C20H20ClNO3/c1-2-3-12-25-20(23)22-11-13-24-19-10-9-17(15-18(19)21)14-16-7-5-4-6-8-16/h1,4-10,15H,3,11-14H2,(H,22,23). The van der Waals surface area contributed by atoms with Crippen molar-refractivity contribution in [1.82, 2.24) is 5.32 Å². The lowest BCUT2D eigenvalue weighted by Crippen LogP contribution is -2.29. The summed E-state index contributed by atoms with van der Waals surface area (Å²) in [6.45, 7) is 0.816. The summed E-state index contributed by atoms with van der Waals surface area (Å²) in [4.78, 5) is 11.3. The van der Waals surface area contributed by atoms with Gasteiger partial charge in [-0.15, -0.1) is 12.3 Å². The normalized spacial score (nSPS) is 9.92. The van der Waals surface area contributed by atoms with Crippen molar-refractivity contribution in [1.29, 1.82) is 0 Å². The summed E-state index contributed by atoms with van der Waals surface area (Å²) in [5.41, 5.74) is 2.33. The smallest absolute Gasteiger partial charge is 0.407 e. The fourth-order valence-corrected chi connectivity index (χ4v) is 2.43. The highest BCUT2D eigenvalue weighted by molar-refractivity contribution is 6.32. The molecule has 0 atom stereocenters. The molecule has 0 aliphatic carbocycles. The fraction of sp³-hybridized carbons (Fsp3) is 0.250. The molecule has 0 aliphatic rings. The molecule has 2 aromatic carbocycles. The van der Waals surface area contributed by atoms with Gasteiger partial charge in [0.15, 0.2) is 0 Å². The van der Waals surface area contributed by atoms with E-state index in [9.17, 15) is 4.79 Å². The van der Waals surface area contributed by atoms with Gasteiger partial charge in [-0.2, -0.15) is 0 Å². The predicted octanol–water partition coefficient (Wildman–Crippen LogP) is 4.06. The molecule has 4 nitrogen and oxygen atoms in total. The molecule has 0 unspecified atom stereocenters. The van der Waals surface area contributed by atoms with Crippen LogP contribution in [0.4, 0.5) is 4.79 Å². The van der Waals surface area contributed by atoms with E-state index in [1.165, 1.54) is 5.56 Å². The monoisotopic (exact) mass is 357 g/mol. The molecule has 5 heteroatoms. The second-order valence-corrected chi connectivity index (χ2v) is 5.70. The second-order valence-electron chi connectivity index (χ2n) is 5.29. The predicted molar refractivity (Wildman–Crippen MR) is 99.0 cm³/mol. The maximum absolute atomic E-state index is 11.3. The Morgan fingerprint density at radius 2 is 1.92 bits per heavy atom. The molecule has 0 bridgehead atoms. The third-order valence-corrected chi connectivity index (χ3v) is 3.65. The van der Waals surface area contributed by atoms with Crippen LogP contribution in [-0.4, -0.2) is 25.9 Å². The van der Waals surface area contributed by atoms with Gasteiger partial charge >= 0.3 is 6.09 Å². The summed E-state index contributed by atoms with van der Waals surface area (Å²) < 4.78 is 10.4. The Labute approximate surface area is 153 Å². The first-order valence-electron chi connectivity index (χ1n) is 7.98. The summed E-state index contributed by atoms with van der Waals surface area (Å²) in [7, 11) is 0. The number of halogens is 1. The number of rotatable bonds is 8. The van der Waals surface area contributed by atoms with Gasteiger partial charge in [-0.3, -0.25) is 0 Å². The first kappa shape index (κ1) is 18.7. The van der Waals surface area contributed by atoms with Crippen LogP contribution in [0.5, 0.6) is 5.75 Å². The topological polar surface area (TPSA) is 47.6 Å². The number of nitrogens with one attached hydrogen (secondary N) is 1. The van der Waals surface area contributed by atoms with E-state index in [2.05, 4.69) is 23.4 Å². The Kier molecular flexibility index (Phi) is 7.68. The summed E-state index contributed by atoms with van der Waals surface area (Å²) in [6, 6.07) is 15.9. The number of ether oxygens (including phenoxy) is 2. The van der Waals surface area contributed by atoms with E-state index in [4.69, 9.17) is 27.5 Å². The molecule has 0 saturated heterocycles. The highest BCUT2D eigenvalue weighted by Gasteiger charge is 2.05. The number of hydrogen-bond donors (Lipinski definition) is 1. The van der Waals surface area contributed by atoms with Crippen LogP contribution in [0.1, 0.15) is 17.5 Å². The second kappa shape index (κ2) is 10.3. The van der Waals surface area contributed by atoms with Gasteiger partial charge in [0.25, 0.3) is 0 Å². The number of terminal acetylenes is 1. The van der Waals surface area contributed by atoms with Crippen LogP contribution in [0.3, 0.4) is 0 Å². The minimum atomic E-state index is -0.511. The molecule has 0 heterocycles. The maximum atomic E-state index is 11.3. The largest absolute Gasteiger partial charge is 0.490 e. The van der Waals surface area contributed by atoms with Crippen LogP contribution in [0.15, 0.2) is 48.5 Å². The van der Waals surface area contributed by atoms with E-state index in [-0.39, 0.29) is 6.61 Å². The number of hydrogen-bond acceptors (Lipinski definition) is 3. The van der Waals surface area contributed by atoms with Crippen LogP contribution in [0, 0.1) is 12.3 Å². The van der Waals surface area contributed by atoms with Crippen molar-refractivity contribution in [3.63, 3.8) is 0 Å². The average Bonchev–Trinajstić information content (AvgIpc) is 2.61. The van der Waals surface area contributed by atoms with Gasteiger partial charge in [0.2, 0.25) is 0 Å². The van der Waals surface area contributed by atoms with Gasteiger partial charge in [-0.05, 0) is 29.7 Å². The minimum absolute atomic E-state index is 0.206. The quantitative estimate of drug-likeness (QED) is 0.572. The van der Waals surface area contributed by atoms with E-state index in [0.717, 1.165) is 12.0 Å². The van der Waals surface area contributed by atoms with Crippen molar-refractivity contribution in [3.8, 4) is 18.1 Å². The molecule has 0 aromatic heterocycles. The summed E-state index contributed by atoms with van der Waals surface area (Å²) >= 11 is 6.27. The van der Waals surface area contributed by atoms with Crippen molar-refractivity contribution in [2.24, 2.45) is 0 Å². The third kappa shape index (κ3) is 6.78. The third-order valence-electron chi connectivity index (χ3n) is 3.36. The first-order chi connectivity index (χ1) is 12.2. The lowest BCUT2D eigenvalue weighted by Gasteiger charge is -2.10. The molecule has 25 heavy (non-hydrogen) atoms.